The second-order valence-corrected chi connectivity index (χ2v) is 10.2. The van der Waals surface area contributed by atoms with Gasteiger partial charge in [0.15, 0.2) is 15.7 Å². The molecule has 0 atom stereocenters. The van der Waals surface area contributed by atoms with Crippen LogP contribution in [0.3, 0.4) is 0 Å². The Balaban J connectivity index is 1.60. The highest BCUT2D eigenvalue weighted by molar-refractivity contribution is 7.91. The molecule has 4 rings (SSSR count). The van der Waals surface area contributed by atoms with E-state index in [4.69, 9.17) is 10.7 Å². The number of imidazole rings is 1. The van der Waals surface area contributed by atoms with Gasteiger partial charge in [-0.2, -0.15) is 0 Å². The Morgan fingerprint density at radius 3 is 2.58 bits per heavy atom. The normalized spacial score (nSPS) is 12.1. The molecule has 0 amide bonds. The molecule has 0 fully saturated rings. The molecule has 4 aromatic rings. The largest absolute Gasteiger partial charge is 0.382 e. The molecule has 0 radical (unpaired) electrons. The van der Waals surface area contributed by atoms with Gasteiger partial charge in [-0.3, -0.25) is 0 Å². The van der Waals surface area contributed by atoms with Crippen LogP contribution in [-0.2, 0) is 22.8 Å². The van der Waals surface area contributed by atoms with Crippen molar-refractivity contribution in [2.75, 3.05) is 11.5 Å². The number of para-hydroxylation sites is 1. The van der Waals surface area contributed by atoms with E-state index < -0.39 is 26.4 Å². The van der Waals surface area contributed by atoms with Gasteiger partial charge in [-0.1, -0.05) is 31.5 Å². The van der Waals surface area contributed by atoms with Crippen molar-refractivity contribution in [3.63, 3.8) is 0 Å². The maximum atomic E-state index is 14.0. The van der Waals surface area contributed by atoms with Gasteiger partial charge < -0.3 is 10.3 Å². The number of anilines is 1. The number of hydrogen-bond acceptors (Lipinski definition) is 5. The van der Waals surface area contributed by atoms with Gasteiger partial charge in [-0.15, -0.1) is 0 Å². The third-order valence-electron chi connectivity index (χ3n) is 5.72. The molecule has 0 saturated carbocycles. The lowest BCUT2D eigenvalue weighted by Gasteiger charge is -2.11. The Morgan fingerprint density at radius 2 is 1.82 bits per heavy atom. The molecule has 2 aromatic carbocycles. The van der Waals surface area contributed by atoms with E-state index in [0.29, 0.717) is 36.8 Å². The van der Waals surface area contributed by atoms with Crippen molar-refractivity contribution >= 4 is 37.6 Å². The summed E-state index contributed by atoms with van der Waals surface area (Å²) in [5.74, 6) is -0.832. The minimum absolute atomic E-state index is 0.225. The number of hydrogen-bond donors (Lipinski definition) is 1. The fourth-order valence-corrected chi connectivity index (χ4v) is 5.51. The summed E-state index contributed by atoms with van der Waals surface area (Å²) < 4.78 is 54.3. The van der Waals surface area contributed by atoms with Crippen LogP contribution in [0.15, 0.2) is 47.4 Å². The first-order chi connectivity index (χ1) is 15.8. The van der Waals surface area contributed by atoms with Crippen LogP contribution < -0.4 is 5.73 Å². The van der Waals surface area contributed by atoms with E-state index in [1.807, 2.05) is 24.3 Å². The first-order valence-electron chi connectivity index (χ1n) is 11.0. The van der Waals surface area contributed by atoms with Crippen molar-refractivity contribution in [1.29, 1.82) is 0 Å². The Bertz CT molecular complexity index is 1420. The number of unbranched alkanes of at least 4 members (excludes halogenated alkanes) is 2. The van der Waals surface area contributed by atoms with Gasteiger partial charge in [-0.05, 0) is 37.5 Å². The van der Waals surface area contributed by atoms with E-state index in [1.165, 1.54) is 0 Å². The van der Waals surface area contributed by atoms with E-state index in [2.05, 4.69) is 16.5 Å². The number of rotatable bonds is 9. The Hall–Kier alpha value is -3.07. The van der Waals surface area contributed by atoms with Crippen molar-refractivity contribution in [2.24, 2.45) is 0 Å². The number of nitrogens with two attached hydrogens (primary N) is 1. The van der Waals surface area contributed by atoms with Crippen LogP contribution in [0.4, 0.5) is 14.6 Å². The smallest absolute Gasteiger partial charge is 0.181 e. The lowest BCUT2D eigenvalue weighted by Crippen LogP contribution is -2.11. The molecule has 0 unspecified atom stereocenters. The number of sulfone groups is 1. The molecule has 174 valence electrons. The molecule has 2 N–H and O–H groups in total. The van der Waals surface area contributed by atoms with Crippen LogP contribution in [0.2, 0.25) is 0 Å². The third-order valence-corrected chi connectivity index (χ3v) is 7.54. The quantitative estimate of drug-likeness (QED) is 0.272. The van der Waals surface area contributed by atoms with E-state index in [-0.39, 0.29) is 5.75 Å². The fourth-order valence-electron chi connectivity index (χ4n) is 4.07. The predicted molar refractivity (Wildman–Crippen MR) is 126 cm³/mol. The topological polar surface area (TPSA) is 90.9 Å². The molecular formula is C24H26F2N4O2S. The first-order valence-corrected chi connectivity index (χ1v) is 12.7. The number of aromatic nitrogens is 3. The van der Waals surface area contributed by atoms with Crippen LogP contribution in [0.5, 0.6) is 0 Å². The molecule has 0 aliphatic rings. The maximum Gasteiger partial charge on any atom is 0.181 e. The van der Waals surface area contributed by atoms with Gasteiger partial charge in [0.05, 0.1) is 16.8 Å². The van der Waals surface area contributed by atoms with Crippen LogP contribution in [0, 0.1) is 11.6 Å². The third kappa shape index (κ3) is 4.68. The van der Waals surface area contributed by atoms with E-state index >= 15 is 0 Å². The van der Waals surface area contributed by atoms with Gasteiger partial charge in [-0.25, -0.2) is 27.2 Å². The lowest BCUT2D eigenvalue weighted by atomic mass is 10.2. The summed E-state index contributed by atoms with van der Waals surface area (Å²) in [5, 5.41) is 0.943. The molecular weight excluding hydrogens is 446 g/mol. The Kier molecular flexibility index (Phi) is 6.60. The van der Waals surface area contributed by atoms with Crippen molar-refractivity contribution in [3.8, 4) is 0 Å². The highest BCUT2D eigenvalue weighted by atomic mass is 32.2. The van der Waals surface area contributed by atoms with E-state index in [0.717, 1.165) is 53.6 Å². The molecule has 2 aromatic heterocycles. The maximum absolute atomic E-state index is 14.0. The van der Waals surface area contributed by atoms with Crippen molar-refractivity contribution in [3.05, 3.63) is 59.9 Å². The highest BCUT2D eigenvalue weighted by Crippen LogP contribution is 2.30. The van der Waals surface area contributed by atoms with Gasteiger partial charge >= 0.3 is 0 Å². The van der Waals surface area contributed by atoms with Crippen molar-refractivity contribution in [2.45, 2.75) is 50.5 Å². The summed E-state index contributed by atoms with van der Waals surface area (Å²) in [4.78, 5) is 8.78. The van der Waals surface area contributed by atoms with Crippen LogP contribution in [-0.4, -0.2) is 28.7 Å². The lowest BCUT2D eigenvalue weighted by molar-refractivity contribution is 0.545. The molecule has 33 heavy (non-hydrogen) atoms. The molecule has 0 aliphatic carbocycles. The van der Waals surface area contributed by atoms with Gasteiger partial charge in [0.2, 0.25) is 0 Å². The molecule has 2 heterocycles. The molecule has 9 heteroatoms. The molecule has 0 aliphatic heterocycles. The zero-order valence-electron chi connectivity index (χ0n) is 18.4. The summed E-state index contributed by atoms with van der Waals surface area (Å²) in [6.07, 6.45) is 3.62. The number of benzene rings is 2. The second-order valence-electron chi connectivity index (χ2n) is 8.10. The fraction of sp³-hybridized carbons (Fsp3) is 0.333. The summed E-state index contributed by atoms with van der Waals surface area (Å²) in [6, 6.07) is 10.2. The monoisotopic (exact) mass is 472 g/mol. The van der Waals surface area contributed by atoms with Crippen molar-refractivity contribution in [1.82, 2.24) is 14.5 Å². The van der Waals surface area contributed by atoms with E-state index in [9.17, 15) is 17.2 Å². The molecule has 0 saturated heterocycles. The van der Waals surface area contributed by atoms with Crippen LogP contribution in [0.1, 0.15) is 38.4 Å². The minimum Gasteiger partial charge on any atom is -0.382 e. The minimum atomic E-state index is -3.85. The first kappa shape index (κ1) is 23.1. The van der Waals surface area contributed by atoms with E-state index in [1.54, 1.807) is 0 Å². The van der Waals surface area contributed by atoms with Crippen molar-refractivity contribution < 1.29 is 17.2 Å². The zero-order chi connectivity index (χ0) is 23.6. The average molecular weight is 473 g/mol. The number of halogens is 2. The molecule has 6 nitrogen and oxygen atoms in total. The summed E-state index contributed by atoms with van der Waals surface area (Å²) >= 11 is 0. The average Bonchev–Trinajstić information content (AvgIpc) is 3.14. The molecule has 0 bridgehead atoms. The summed E-state index contributed by atoms with van der Waals surface area (Å²) in [5.41, 5.74) is 8.54. The Morgan fingerprint density at radius 1 is 1.03 bits per heavy atom. The van der Waals surface area contributed by atoms with Crippen LogP contribution in [0.25, 0.3) is 21.9 Å². The number of aryl methyl sites for hydroxylation is 2. The zero-order valence-corrected chi connectivity index (χ0v) is 19.2. The van der Waals surface area contributed by atoms with Gasteiger partial charge in [0.25, 0.3) is 0 Å². The highest BCUT2D eigenvalue weighted by Gasteiger charge is 2.20. The summed E-state index contributed by atoms with van der Waals surface area (Å²) in [7, 11) is -3.85. The Labute approximate surface area is 191 Å². The van der Waals surface area contributed by atoms with Crippen LogP contribution >= 0.6 is 0 Å². The predicted octanol–water partition coefficient (Wildman–Crippen LogP) is 5.04. The van der Waals surface area contributed by atoms with Gasteiger partial charge in [0, 0.05) is 24.4 Å². The number of pyridine rings is 1. The van der Waals surface area contributed by atoms with Gasteiger partial charge in [0.1, 0.15) is 27.9 Å². The summed E-state index contributed by atoms with van der Waals surface area (Å²) in [6.45, 7) is 2.65. The number of nitrogens with zero attached hydrogens (tertiary/aromatic N) is 3. The standard InChI is InChI=1S/C24H26F2N4O2S/c1-2-3-10-21-29-22-23(17-8-4-5-9-19(17)28-24(22)27)30(21)13-6-7-14-33(31,32)20-12-11-16(25)15-18(20)26/h4-5,8-9,11-12,15H,2-3,6-7,10,13-14H2,1H3,(H2,27,28). The molecule has 0 spiro atoms. The number of nitrogen functional groups attached to an aromatic ring is 1. The number of fused-ring (bicyclic) bond motifs is 3. The second kappa shape index (κ2) is 9.43. The SMILES string of the molecule is CCCCc1nc2c(N)nc3ccccc3c2n1CCCCS(=O)(=O)c1ccc(F)cc1F.